The highest BCUT2D eigenvalue weighted by Gasteiger charge is 2.45. The van der Waals surface area contributed by atoms with E-state index in [0.29, 0.717) is 15.5 Å². The first-order valence-corrected chi connectivity index (χ1v) is 15.5. The highest BCUT2D eigenvalue weighted by Crippen LogP contribution is 2.45. The number of sulfone groups is 1. The lowest BCUT2D eigenvalue weighted by molar-refractivity contribution is -0.154. The van der Waals surface area contributed by atoms with Crippen LogP contribution in [-0.4, -0.2) is 26.6 Å². The molecule has 40 heavy (non-hydrogen) atoms. The normalized spacial score (nSPS) is 13.8. The first-order chi connectivity index (χ1) is 19.1. The van der Waals surface area contributed by atoms with E-state index < -0.39 is 32.3 Å². The lowest BCUT2D eigenvalue weighted by Crippen LogP contribution is -2.29. The number of ether oxygens (including phenoxy) is 2. The van der Waals surface area contributed by atoms with Gasteiger partial charge in [0.15, 0.2) is 26.9 Å². The van der Waals surface area contributed by atoms with E-state index in [1.54, 1.807) is 38.1 Å². The van der Waals surface area contributed by atoms with Crippen molar-refractivity contribution in [1.82, 2.24) is 0 Å². The average Bonchev–Trinajstić information content (AvgIpc) is 2.92. The molecular weight excluding hydrogens is 540 g/mol. The molecule has 202 valence electrons. The van der Waals surface area contributed by atoms with Gasteiger partial charge < -0.3 is 9.47 Å². The smallest absolute Gasteiger partial charge is 0.345 e. The van der Waals surface area contributed by atoms with Crippen LogP contribution >= 0.6 is 0 Å². The predicted octanol–water partition coefficient (Wildman–Crippen LogP) is 6.30. The van der Waals surface area contributed by atoms with E-state index in [-0.39, 0.29) is 6.61 Å². The maximum absolute atomic E-state index is 13.4. The van der Waals surface area contributed by atoms with Gasteiger partial charge in [-0.2, -0.15) is 0 Å². The van der Waals surface area contributed by atoms with Gasteiger partial charge >= 0.3 is 5.97 Å². The lowest BCUT2D eigenvalue weighted by atomic mass is 10.1. The molecule has 1 aliphatic rings. The third kappa shape index (κ3) is 5.51. The van der Waals surface area contributed by atoms with E-state index in [0.717, 1.165) is 31.4 Å². The number of fused-ring (bicyclic) bond motifs is 2. The van der Waals surface area contributed by atoms with Gasteiger partial charge in [-0.05, 0) is 75.2 Å². The quantitative estimate of drug-likeness (QED) is 0.141. The molecule has 4 aromatic carbocycles. The second-order valence-corrected chi connectivity index (χ2v) is 13.8. The van der Waals surface area contributed by atoms with Gasteiger partial charge in [-0.1, -0.05) is 54.3 Å². The maximum Gasteiger partial charge on any atom is 0.345 e. The average molecular weight is 570 g/mol. The SMILES string of the molecule is Cc1cc([S+]2c3ccccc3S(=O)(=O)c3ccccc32)cc(C)c1OCC(=O)OC(C)(C)C#Cc1ccccc1. The highest BCUT2D eigenvalue weighted by atomic mass is 32.2. The van der Waals surface area contributed by atoms with Crippen molar-refractivity contribution in [2.45, 2.75) is 57.8 Å². The van der Waals surface area contributed by atoms with Gasteiger partial charge in [-0.3, -0.25) is 0 Å². The van der Waals surface area contributed by atoms with Crippen LogP contribution in [0.1, 0.15) is 30.5 Å². The van der Waals surface area contributed by atoms with Gasteiger partial charge in [0.1, 0.15) is 26.4 Å². The van der Waals surface area contributed by atoms with Crippen molar-refractivity contribution in [3.05, 3.63) is 108 Å². The molecule has 5 rings (SSSR count). The van der Waals surface area contributed by atoms with Crippen LogP contribution in [0, 0.1) is 25.7 Å². The molecule has 7 heteroatoms. The van der Waals surface area contributed by atoms with E-state index in [1.807, 2.05) is 80.6 Å². The summed E-state index contributed by atoms with van der Waals surface area (Å²) in [6.45, 7) is 7.08. The fourth-order valence-electron chi connectivity index (χ4n) is 4.64. The molecule has 0 fully saturated rings. The van der Waals surface area contributed by atoms with Gasteiger partial charge in [-0.25, -0.2) is 13.2 Å². The van der Waals surface area contributed by atoms with E-state index in [4.69, 9.17) is 9.47 Å². The van der Waals surface area contributed by atoms with Crippen LogP contribution in [0.25, 0.3) is 0 Å². The molecular formula is C33H29O5S2+. The predicted molar refractivity (Wildman–Crippen MR) is 155 cm³/mol. The Bertz CT molecular complexity index is 1690. The summed E-state index contributed by atoms with van der Waals surface area (Å²) in [5.41, 5.74) is 1.56. The Morgan fingerprint density at radius 3 is 1.93 bits per heavy atom. The molecule has 0 saturated heterocycles. The van der Waals surface area contributed by atoms with Gasteiger partial charge in [-0.15, -0.1) is 0 Å². The molecule has 1 aliphatic heterocycles. The maximum atomic E-state index is 13.4. The van der Waals surface area contributed by atoms with Gasteiger partial charge in [0.2, 0.25) is 9.84 Å². The molecule has 0 bridgehead atoms. The number of hydrogen-bond donors (Lipinski definition) is 0. The Balaban J connectivity index is 1.38. The van der Waals surface area contributed by atoms with Crippen LogP contribution in [-0.2, 0) is 30.3 Å². The standard InChI is InChI=1S/C33H29O5S2/c1-23-20-26(39-27-14-8-10-16-29(27)40(35,36)30-17-11-9-15-28(30)39)21-24(2)32(23)37-22-31(34)38-33(3,4)19-18-25-12-6-5-7-13-25/h5-17,20-21H,22H2,1-4H3/q+1. The van der Waals surface area contributed by atoms with Crippen molar-refractivity contribution in [2.24, 2.45) is 0 Å². The van der Waals surface area contributed by atoms with E-state index in [1.165, 1.54) is 0 Å². The van der Waals surface area contributed by atoms with Crippen molar-refractivity contribution < 1.29 is 22.7 Å². The van der Waals surface area contributed by atoms with Crippen molar-refractivity contribution >= 4 is 26.7 Å². The summed E-state index contributed by atoms with van der Waals surface area (Å²) in [7, 11) is -4.22. The van der Waals surface area contributed by atoms with E-state index >= 15 is 0 Å². The number of carbonyl (C=O) groups is 1. The minimum absolute atomic E-state index is 0.257. The summed E-state index contributed by atoms with van der Waals surface area (Å²) in [4.78, 5) is 15.9. The first kappa shape index (κ1) is 27.6. The highest BCUT2D eigenvalue weighted by molar-refractivity contribution is 8.00. The number of carbonyl (C=O) groups excluding carboxylic acids is 1. The zero-order valence-corrected chi connectivity index (χ0v) is 24.4. The molecule has 0 radical (unpaired) electrons. The first-order valence-electron chi connectivity index (χ1n) is 12.8. The minimum atomic E-state index is -3.60. The molecule has 0 aliphatic carbocycles. The zero-order valence-electron chi connectivity index (χ0n) is 22.7. The fourth-order valence-corrected chi connectivity index (χ4v) is 9.52. The number of aryl methyl sites for hydroxylation is 2. The number of benzene rings is 4. The second kappa shape index (κ2) is 10.9. The third-order valence-corrected chi connectivity index (χ3v) is 10.8. The van der Waals surface area contributed by atoms with Crippen molar-refractivity contribution in [3.8, 4) is 17.6 Å². The van der Waals surface area contributed by atoms with E-state index in [9.17, 15) is 13.2 Å². The van der Waals surface area contributed by atoms with E-state index in [2.05, 4.69) is 11.8 Å². The third-order valence-electron chi connectivity index (χ3n) is 6.37. The molecule has 0 N–H and O–H groups in total. The summed E-state index contributed by atoms with van der Waals surface area (Å²) in [5, 5.41) is 0. The number of esters is 1. The topological polar surface area (TPSA) is 69.7 Å². The molecule has 4 aromatic rings. The molecule has 0 aromatic heterocycles. The summed E-state index contributed by atoms with van der Waals surface area (Å²) < 4.78 is 38.2. The Morgan fingerprint density at radius 1 is 0.825 bits per heavy atom. The molecule has 5 nitrogen and oxygen atoms in total. The Kier molecular flexibility index (Phi) is 7.50. The van der Waals surface area contributed by atoms with Crippen LogP contribution in [0.15, 0.2) is 115 Å². The van der Waals surface area contributed by atoms with Crippen molar-refractivity contribution in [1.29, 1.82) is 0 Å². The lowest BCUT2D eigenvalue weighted by Gasteiger charge is -2.21. The van der Waals surface area contributed by atoms with Crippen LogP contribution in [0.4, 0.5) is 0 Å². The summed E-state index contributed by atoms with van der Waals surface area (Å²) in [6, 6.07) is 27.9. The monoisotopic (exact) mass is 569 g/mol. The molecule has 0 atom stereocenters. The summed E-state index contributed by atoms with van der Waals surface area (Å²) in [6.07, 6.45) is 0. The molecule has 0 amide bonds. The minimum Gasteiger partial charge on any atom is -0.481 e. The van der Waals surface area contributed by atoms with Gasteiger partial charge in [0, 0.05) is 17.7 Å². The van der Waals surface area contributed by atoms with Crippen LogP contribution < -0.4 is 4.74 Å². The molecule has 0 unspecified atom stereocenters. The molecule has 0 saturated carbocycles. The summed E-state index contributed by atoms with van der Waals surface area (Å²) >= 11 is 0. The zero-order chi connectivity index (χ0) is 28.5. The van der Waals surface area contributed by atoms with Gasteiger partial charge in [0.05, 0.1) is 0 Å². The van der Waals surface area contributed by atoms with Gasteiger partial charge in [0.25, 0.3) is 0 Å². The Labute approximate surface area is 238 Å². The van der Waals surface area contributed by atoms with Crippen LogP contribution in [0.3, 0.4) is 0 Å². The van der Waals surface area contributed by atoms with Crippen LogP contribution in [0.2, 0.25) is 0 Å². The summed E-state index contributed by atoms with van der Waals surface area (Å²) in [5.74, 6) is 6.12. The molecule has 1 heterocycles. The number of rotatable bonds is 5. The number of hydrogen-bond acceptors (Lipinski definition) is 5. The van der Waals surface area contributed by atoms with Crippen molar-refractivity contribution in [3.63, 3.8) is 0 Å². The second-order valence-electron chi connectivity index (χ2n) is 9.98. The Morgan fingerprint density at radius 2 is 1.35 bits per heavy atom. The Hall–Kier alpha value is -3.99. The molecule has 0 spiro atoms. The largest absolute Gasteiger partial charge is 0.481 e. The van der Waals surface area contributed by atoms with Crippen LogP contribution in [0.5, 0.6) is 5.75 Å². The van der Waals surface area contributed by atoms with Crippen molar-refractivity contribution in [2.75, 3.05) is 6.61 Å². The fraction of sp³-hybridized carbons (Fsp3) is 0.182.